The van der Waals surface area contributed by atoms with Crippen molar-refractivity contribution in [1.82, 2.24) is 9.03 Å². The normalized spacial score (nSPS) is 26.2. The highest BCUT2D eigenvalue weighted by molar-refractivity contribution is 7.87. The largest absolute Gasteiger partial charge is 0.279 e. The molecule has 2 fully saturated rings. The maximum atomic E-state index is 11.8. The minimum absolute atomic E-state index is 0.0178. The quantitative estimate of drug-likeness (QED) is 0.758. The molecule has 14 heavy (non-hydrogen) atoms. The molecule has 0 aromatic carbocycles. The topological polar surface area (TPSA) is 49.4 Å². The highest BCUT2D eigenvalue weighted by Crippen LogP contribution is 2.52. The Balaban J connectivity index is 2.01. The Morgan fingerprint density at radius 1 is 1.29 bits per heavy atom. The van der Waals surface area contributed by atoms with E-state index in [0.717, 1.165) is 13.0 Å². The molecular formula is C9H18N2O2S. The highest BCUT2D eigenvalue weighted by Gasteiger charge is 2.50. The van der Waals surface area contributed by atoms with E-state index in [-0.39, 0.29) is 6.04 Å². The van der Waals surface area contributed by atoms with Gasteiger partial charge in [0.15, 0.2) is 0 Å². The van der Waals surface area contributed by atoms with E-state index >= 15 is 0 Å². The molecule has 1 aliphatic carbocycles. The molecule has 2 rings (SSSR count). The maximum Gasteiger partial charge on any atom is 0.279 e. The zero-order valence-electron chi connectivity index (χ0n) is 8.78. The Hall–Kier alpha value is -0.130. The Morgan fingerprint density at radius 3 is 2.36 bits per heavy atom. The van der Waals surface area contributed by atoms with Crippen LogP contribution in [0.2, 0.25) is 0 Å². The van der Waals surface area contributed by atoms with E-state index in [1.807, 2.05) is 13.8 Å². The van der Waals surface area contributed by atoms with Gasteiger partial charge in [-0.1, -0.05) is 0 Å². The molecule has 0 aromatic heterocycles. The van der Waals surface area contributed by atoms with Gasteiger partial charge in [-0.15, -0.1) is 0 Å². The number of hydrogen-bond donors (Lipinski definition) is 1. The summed E-state index contributed by atoms with van der Waals surface area (Å²) in [6, 6.07) is -0.0178. The molecule has 1 spiro atoms. The van der Waals surface area contributed by atoms with Crippen LogP contribution in [0.25, 0.3) is 0 Å². The highest BCUT2D eigenvalue weighted by atomic mass is 32.2. The first-order chi connectivity index (χ1) is 6.44. The summed E-state index contributed by atoms with van der Waals surface area (Å²) < 4.78 is 27.8. The molecule has 1 saturated heterocycles. The van der Waals surface area contributed by atoms with Crippen LogP contribution < -0.4 is 4.72 Å². The maximum absolute atomic E-state index is 11.8. The molecule has 82 valence electrons. The molecule has 0 atom stereocenters. The van der Waals surface area contributed by atoms with E-state index in [1.165, 1.54) is 12.8 Å². The summed E-state index contributed by atoms with van der Waals surface area (Å²) in [6.07, 6.45) is 3.47. The van der Waals surface area contributed by atoms with Crippen LogP contribution in [0.1, 0.15) is 33.1 Å². The predicted octanol–water partition coefficient (Wildman–Crippen LogP) is 0.715. The molecule has 1 saturated carbocycles. The number of hydrogen-bond acceptors (Lipinski definition) is 2. The first kappa shape index (κ1) is 10.4. The lowest BCUT2D eigenvalue weighted by Crippen LogP contribution is -2.42. The van der Waals surface area contributed by atoms with Crippen LogP contribution in [0.15, 0.2) is 0 Å². The van der Waals surface area contributed by atoms with Gasteiger partial charge in [0, 0.05) is 19.1 Å². The van der Waals surface area contributed by atoms with Crippen LogP contribution in [0.5, 0.6) is 0 Å². The van der Waals surface area contributed by atoms with Gasteiger partial charge in [-0.25, -0.2) is 0 Å². The minimum Gasteiger partial charge on any atom is -0.200 e. The fourth-order valence-corrected chi connectivity index (χ4v) is 3.58. The average molecular weight is 218 g/mol. The molecule has 0 amide bonds. The van der Waals surface area contributed by atoms with E-state index in [4.69, 9.17) is 0 Å². The Kier molecular flexibility index (Phi) is 2.36. The van der Waals surface area contributed by atoms with Gasteiger partial charge >= 0.3 is 0 Å². The van der Waals surface area contributed by atoms with Gasteiger partial charge in [0.1, 0.15) is 0 Å². The third-order valence-electron chi connectivity index (χ3n) is 3.08. The molecule has 0 bridgehead atoms. The van der Waals surface area contributed by atoms with Gasteiger partial charge in [-0.05, 0) is 38.5 Å². The first-order valence-electron chi connectivity index (χ1n) is 5.21. The van der Waals surface area contributed by atoms with Gasteiger partial charge in [-0.2, -0.15) is 17.4 Å². The molecule has 0 aromatic rings. The number of nitrogens with one attached hydrogen (secondary N) is 1. The van der Waals surface area contributed by atoms with E-state index in [0.29, 0.717) is 12.0 Å². The minimum atomic E-state index is -3.21. The third kappa shape index (κ3) is 1.94. The summed E-state index contributed by atoms with van der Waals surface area (Å²) in [5.74, 6) is 0. The van der Waals surface area contributed by atoms with E-state index in [1.54, 1.807) is 4.31 Å². The SMILES string of the molecule is CC(C)NS(=O)(=O)N1CCC2(CC2)C1. The Labute approximate surface area is 85.9 Å². The van der Waals surface area contributed by atoms with Crippen molar-refractivity contribution in [3.05, 3.63) is 0 Å². The lowest BCUT2D eigenvalue weighted by atomic mass is 10.1. The van der Waals surface area contributed by atoms with Crippen molar-refractivity contribution in [2.75, 3.05) is 13.1 Å². The second kappa shape index (κ2) is 3.18. The van der Waals surface area contributed by atoms with Crippen LogP contribution in [0, 0.1) is 5.41 Å². The van der Waals surface area contributed by atoms with Gasteiger partial charge in [0.05, 0.1) is 0 Å². The molecule has 1 aliphatic heterocycles. The fourth-order valence-electron chi connectivity index (χ4n) is 2.06. The van der Waals surface area contributed by atoms with Crippen molar-refractivity contribution < 1.29 is 8.42 Å². The van der Waals surface area contributed by atoms with Gasteiger partial charge in [-0.3, -0.25) is 0 Å². The lowest BCUT2D eigenvalue weighted by molar-refractivity contribution is 0.437. The second-order valence-corrected chi connectivity index (χ2v) is 6.56. The van der Waals surface area contributed by atoms with Gasteiger partial charge in [0.2, 0.25) is 0 Å². The summed E-state index contributed by atoms with van der Waals surface area (Å²) in [6.45, 7) is 5.12. The van der Waals surface area contributed by atoms with Crippen LogP contribution in [-0.2, 0) is 10.2 Å². The van der Waals surface area contributed by atoms with Crippen molar-refractivity contribution in [2.45, 2.75) is 39.2 Å². The molecule has 2 aliphatic rings. The molecule has 4 nitrogen and oxygen atoms in total. The van der Waals surface area contributed by atoms with Crippen molar-refractivity contribution >= 4 is 10.2 Å². The predicted molar refractivity (Wildman–Crippen MR) is 55.0 cm³/mol. The van der Waals surface area contributed by atoms with Gasteiger partial charge in [0.25, 0.3) is 10.2 Å². The summed E-state index contributed by atoms with van der Waals surface area (Å²) in [7, 11) is -3.21. The van der Waals surface area contributed by atoms with Crippen LogP contribution in [0.3, 0.4) is 0 Å². The average Bonchev–Trinajstić information content (AvgIpc) is 2.57. The molecular weight excluding hydrogens is 200 g/mol. The van der Waals surface area contributed by atoms with E-state index in [9.17, 15) is 8.42 Å². The smallest absolute Gasteiger partial charge is 0.200 e. The Morgan fingerprint density at radius 2 is 1.93 bits per heavy atom. The zero-order chi connectivity index (χ0) is 10.4. The zero-order valence-corrected chi connectivity index (χ0v) is 9.60. The lowest BCUT2D eigenvalue weighted by Gasteiger charge is -2.18. The third-order valence-corrected chi connectivity index (χ3v) is 4.85. The summed E-state index contributed by atoms with van der Waals surface area (Å²) in [5, 5.41) is 0. The number of nitrogens with zero attached hydrogens (tertiary/aromatic N) is 1. The van der Waals surface area contributed by atoms with Crippen molar-refractivity contribution in [2.24, 2.45) is 5.41 Å². The molecule has 1 N–H and O–H groups in total. The van der Waals surface area contributed by atoms with E-state index in [2.05, 4.69) is 4.72 Å². The monoisotopic (exact) mass is 218 g/mol. The number of rotatable bonds is 3. The van der Waals surface area contributed by atoms with Crippen molar-refractivity contribution in [3.63, 3.8) is 0 Å². The van der Waals surface area contributed by atoms with Crippen molar-refractivity contribution in [1.29, 1.82) is 0 Å². The van der Waals surface area contributed by atoms with E-state index < -0.39 is 10.2 Å². The van der Waals surface area contributed by atoms with Crippen LogP contribution >= 0.6 is 0 Å². The fraction of sp³-hybridized carbons (Fsp3) is 1.00. The first-order valence-corrected chi connectivity index (χ1v) is 6.65. The molecule has 0 unspecified atom stereocenters. The summed E-state index contributed by atoms with van der Waals surface area (Å²) >= 11 is 0. The summed E-state index contributed by atoms with van der Waals surface area (Å²) in [4.78, 5) is 0. The summed E-state index contributed by atoms with van der Waals surface area (Å²) in [5.41, 5.74) is 0.367. The van der Waals surface area contributed by atoms with Crippen molar-refractivity contribution in [3.8, 4) is 0 Å². The molecule has 1 heterocycles. The molecule has 0 radical (unpaired) electrons. The van der Waals surface area contributed by atoms with Crippen LogP contribution in [0.4, 0.5) is 0 Å². The van der Waals surface area contributed by atoms with Gasteiger partial charge < -0.3 is 0 Å². The molecule has 5 heteroatoms. The Bertz CT molecular complexity index is 320. The second-order valence-electron chi connectivity index (χ2n) is 4.86. The standard InChI is InChI=1S/C9H18N2O2S/c1-8(2)10-14(12,13)11-6-5-9(7-11)3-4-9/h8,10H,3-7H2,1-2H3. The van der Waals surface area contributed by atoms with Crippen LogP contribution in [-0.4, -0.2) is 31.9 Å².